The Kier molecular flexibility index (Phi) is 2.90. The van der Waals surface area contributed by atoms with Gasteiger partial charge in [0.05, 0.1) is 11.4 Å². The maximum Gasteiger partial charge on any atom is 0.211 e. The summed E-state index contributed by atoms with van der Waals surface area (Å²) in [6.45, 7) is 4.12. The second-order valence-corrected chi connectivity index (χ2v) is 5.63. The van der Waals surface area contributed by atoms with E-state index >= 15 is 0 Å². The van der Waals surface area contributed by atoms with Gasteiger partial charge in [-0.3, -0.25) is 4.90 Å². The van der Waals surface area contributed by atoms with Crippen molar-refractivity contribution in [2.24, 2.45) is 0 Å². The van der Waals surface area contributed by atoms with Crippen LogP contribution in [-0.2, 0) is 0 Å². The normalized spacial score (nSPS) is 12.7. The number of aryl methyl sites for hydroxylation is 2. The van der Waals surface area contributed by atoms with Gasteiger partial charge < -0.3 is 4.42 Å². The lowest BCUT2D eigenvalue weighted by Crippen LogP contribution is -2.11. The smallest absolute Gasteiger partial charge is 0.211 e. The Labute approximate surface area is 130 Å². The Morgan fingerprint density at radius 2 is 1.45 bits per heavy atom. The Bertz CT molecular complexity index is 873. The Morgan fingerprint density at radius 1 is 0.773 bits per heavy atom. The van der Waals surface area contributed by atoms with E-state index in [4.69, 9.17) is 4.42 Å². The van der Waals surface area contributed by atoms with Gasteiger partial charge >= 0.3 is 0 Å². The van der Waals surface area contributed by atoms with E-state index in [-0.39, 0.29) is 0 Å². The molecule has 0 saturated carbocycles. The summed E-state index contributed by atoms with van der Waals surface area (Å²) in [4.78, 5) is 2.22. The molecule has 1 aromatic heterocycles. The Morgan fingerprint density at radius 3 is 2.27 bits per heavy atom. The summed E-state index contributed by atoms with van der Waals surface area (Å²) < 4.78 is 6.04. The average Bonchev–Trinajstić information content (AvgIpc) is 2.82. The lowest BCUT2D eigenvalue weighted by Gasteiger charge is -2.25. The summed E-state index contributed by atoms with van der Waals surface area (Å²) in [6.07, 6.45) is 4.28. The summed E-state index contributed by atoms with van der Waals surface area (Å²) in [5.41, 5.74) is 5.81. The highest BCUT2D eigenvalue weighted by molar-refractivity contribution is 5.91. The van der Waals surface area contributed by atoms with Crippen molar-refractivity contribution >= 4 is 29.4 Å². The number of para-hydroxylation sites is 2. The highest BCUT2D eigenvalue weighted by Gasteiger charge is 2.24. The van der Waals surface area contributed by atoms with E-state index in [9.17, 15) is 0 Å². The molecule has 0 spiro atoms. The van der Waals surface area contributed by atoms with Crippen LogP contribution in [0.4, 0.5) is 17.3 Å². The van der Waals surface area contributed by atoms with E-state index in [1.165, 1.54) is 11.1 Å². The molecule has 0 radical (unpaired) electrons. The van der Waals surface area contributed by atoms with Gasteiger partial charge in [-0.05, 0) is 49.2 Å². The molecule has 0 atom stereocenters. The molecular formula is C20H17NO. The fourth-order valence-electron chi connectivity index (χ4n) is 2.99. The quantitative estimate of drug-likeness (QED) is 0.436. The number of hydrogen-bond acceptors (Lipinski definition) is 2. The van der Waals surface area contributed by atoms with Crippen LogP contribution in [0, 0.1) is 13.8 Å². The predicted octanol–water partition coefficient (Wildman–Crippen LogP) is 5.85. The first-order valence-electron chi connectivity index (χ1n) is 7.47. The minimum absolute atomic E-state index is 0.882. The minimum Gasteiger partial charge on any atom is -0.444 e. The number of benzene rings is 2. The van der Waals surface area contributed by atoms with Gasteiger partial charge in [0.2, 0.25) is 5.88 Å². The SMILES string of the molecule is Cc1cc2c(o1)N(c1ccccc1C)c1ccccc1C=C2. The van der Waals surface area contributed by atoms with Crippen LogP contribution in [0.3, 0.4) is 0 Å². The van der Waals surface area contributed by atoms with E-state index in [0.717, 1.165) is 28.6 Å². The van der Waals surface area contributed by atoms with Crippen molar-refractivity contribution in [2.45, 2.75) is 13.8 Å². The molecule has 2 heteroatoms. The van der Waals surface area contributed by atoms with E-state index in [1.807, 2.05) is 6.92 Å². The summed E-state index contributed by atoms with van der Waals surface area (Å²) in [6, 6.07) is 18.9. The predicted molar refractivity (Wildman–Crippen MR) is 91.8 cm³/mol. The molecule has 2 heterocycles. The first-order chi connectivity index (χ1) is 10.7. The van der Waals surface area contributed by atoms with Crippen LogP contribution in [0.1, 0.15) is 22.5 Å². The van der Waals surface area contributed by atoms with Gasteiger partial charge in [0.1, 0.15) is 5.76 Å². The van der Waals surface area contributed by atoms with Crippen molar-refractivity contribution in [2.75, 3.05) is 4.90 Å². The highest BCUT2D eigenvalue weighted by Crippen LogP contribution is 2.43. The van der Waals surface area contributed by atoms with Gasteiger partial charge in [-0.15, -0.1) is 0 Å². The summed E-state index contributed by atoms with van der Waals surface area (Å²) >= 11 is 0. The number of fused-ring (bicyclic) bond motifs is 2. The summed E-state index contributed by atoms with van der Waals surface area (Å²) in [5, 5.41) is 0. The molecule has 1 aliphatic heterocycles. The number of nitrogens with zero attached hydrogens (tertiary/aromatic N) is 1. The number of anilines is 3. The number of furan rings is 1. The molecule has 3 aromatic rings. The molecule has 22 heavy (non-hydrogen) atoms. The molecule has 0 saturated heterocycles. The van der Waals surface area contributed by atoms with Crippen molar-refractivity contribution in [1.29, 1.82) is 0 Å². The van der Waals surface area contributed by atoms with Crippen LogP contribution < -0.4 is 4.90 Å². The molecule has 2 aromatic carbocycles. The molecule has 0 fully saturated rings. The van der Waals surface area contributed by atoms with Crippen LogP contribution in [-0.4, -0.2) is 0 Å². The number of rotatable bonds is 1. The average molecular weight is 287 g/mol. The van der Waals surface area contributed by atoms with Crippen LogP contribution >= 0.6 is 0 Å². The Hall–Kier alpha value is -2.74. The van der Waals surface area contributed by atoms with Gasteiger partial charge in [-0.1, -0.05) is 42.5 Å². The second-order valence-electron chi connectivity index (χ2n) is 5.63. The lowest BCUT2D eigenvalue weighted by molar-refractivity contribution is 0.541. The van der Waals surface area contributed by atoms with Crippen molar-refractivity contribution in [3.05, 3.63) is 77.0 Å². The van der Waals surface area contributed by atoms with Crippen LogP contribution in [0.2, 0.25) is 0 Å². The zero-order chi connectivity index (χ0) is 15.1. The van der Waals surface area contributed by atoms with E-state index in [1.54, 1.807) is 0 Å². The molecule has 0 N–H and O–H groups in total. The standard InChI is InChI=1S/C20H17NO/c1-14-7-3-5-9-18(14)21-19-10-6-4-8-16(19)11-12-17-13-15(2)22-20(17)21/h3-13H,1-2H3. The molecule has 4 rings (SSSR count). The van der Waals surface area contributed by atoms with Gasteiger partial charge in [0.15, 0.2) is 0 Å². The van der Waals surface area contributed by atoms with Gasteiger partial charge in [0, 0.05) is 5.56 Å². The van der Waals surface area contributed by atoms with Gasteiger partial charge in [0.25, 0.3) is 0 Å². The molecule has 2 nitrogen and oxygen atoms in total. The molecule has 0 amide bonds. The highest BCUT2D eigenvalue weighted by atomic mass is 16.4. The van der Waals surface area contributed by atoms with Gasteiger partial charge in [-0.2, -0.15) is 0 Å². The van der Waals surface area contributed by atoms with E-state index < -0.39 is 0 Å². The van der Waals surface area contributed by atoms with Crippen LogP contribution in [0.25, 0.3) is 12.2 Å². The summed E-state index contributed by atoms with van der Waals surface area (Å²) in [7, 11) is 0. The largest absolute Gasteiger partial charge is 0.444 e. The fraction of sp³-hybridized carbons (Fsp3) is 0.100. The number of hydrogen-bond donors (Lipinski definition) is 0. The first-order valence-corrected chi connectivity index (χ1v) is 7.47. The third-order valence-corrected chi connectivity index (χ3v) is 4.04. The maximum atomic E-state index is 6.04. The molecular weight excluding hydrogens is 270 g/mol. The monoisotopic (exact) mass is 287 g/mol. The van der Waals surface area contributed by atoms with Crippen LogP contribution in [0.5, 0.6) is 0 Å². The topological polar surface area (TPSA) is 16.4 Å². The van der Waals surface area contributed by atoms with Crippen molar-refractivity contribution in [3.8, 4) is 0 Å². The Balaban J connectivity index is 2.04. The third kappa shape index (κ3) is 1.96. The second kappa shape index (κ2) is 4.92. The van der Waals surface area contributed by atoms with Crippen molar-refractivity contribution < 1.29 is 4.42 Å². The zero-order valence-corrected chi connectivity index (χ0v) is 12.7. The first kappa shape index (κ1) is 13.0. The van der Waals surface area contributed by atoms with E-state index in [2.05, 4.69) is 78.6 Å². The summed E-state index contributed by atoms with van der Waals surface area (Å²) in [5.74, 6) is 1.81. The minimum atomic E-state index is 0.882. The molecule has 0 bridgehead atoms. The van der Waals surface area contributed by atoms with E-state index in [0.29, 0.717) is 0 Å². The molecule has 1 aliphatic rings. The molecule has 108 valence electrons. The maximum absolute atomic E-state index is 6.04. The van der Waals surface area contributed by atoms with Crippen molar-refractivity contribution in [3.63, 3.8) is 0 Å². The lowest BCUT2D eigenvalue weighted by atomic mass is 10.1. The van der Waals surface area contributed by atoms with Crippen LogP contribution in [0.15, 0.2) is 59.0 Å². The third-order valence-electron chi connectivity index (χ3n) is 4.04. The fourth-order valence-corrected chi connectivity index (χ4v) is 2.99. The molecule has 0 unspecified atom stereocenters. The van der Waals surface area contributed by atoms with Crippen molar-refractivity contribution in [1.82, 2.24) is 0 Å². The van der Waals surface area contributed by atoms with Gasteiger partial charge in [-0.25, -0.2) is 0 Å². The zero-order valence-electron chi connectivity index (χ0n) is 12.7. The molecule has 0 aliphatic carbocycles.